The third kappa shape index (κ3) is 3.98. The number of fused-ring (bicyclic) bond motifs is 1. The van der Waals surface area contributed by atoms with Crippen LogP contribution >= 0.6 is 0 Å². The van der Waals surface area contributed by atoms with Crippen molar-refractivity contribution in [3.63, 3.8) is 0 Å². The van der Waals surface area contributed by atoms with Crippen LogP contribution in [0.1, 0.15) is 61.1 Å². The van der Waals surface area contributed by atoms with E-state index in [1.165, 1.54) is 6.07 Å². The van der Waals surface area contributed by atoms with Gasteiger partial charge in [-0.3, -0.25) is 4.98 Å². The Balaban J connectivity index is 1.57. The summed E-state index contributed by atoms with van der Waals surface area (Å²) in [6, 6.07) is 12.1. The summed E-state index contributed by atoms with van der Waals surface area (Å²) in [5.74, 6) is 0.601. The van der Waals surface area contributed by atoms with Crippen LogP contribution in [-0.2, 0) is 10.0 Å². The average molecular weight is 427 g/mol. The van der Waals surface area contributed by atoms with Gasteiger partial charge in [0, 0.05) is 11.6 Å². The zero-order chi connectivity index (χ0) is 21.5. The number of hydrogen-bond acceptors (Lipinski definition) is 3. The Morgan fingerprint density at radius 1 is 1.10 bits per heavy atom. The van der Waals surface area contributed by atoms with Crippen LogP contribution in [0.3, 0.4) is 0 Å². The van der Waals surface area contributed by atoms with Gasteiger partial charge in [-0.05, 0) is 97.4 Å². The van der Waals surface area contributed by atoms with Gasteiger partial charge in [0.1, 0.15) is 5.82 Å². The molecule has 0 saturated heterocycles. The second-order valence-electron chi connectivity index (χ2n) is 8.49. The number of hydrogen-bond donors (Lipinski definition) is 1. The maximum absolute atomic E-state index is 13.8. The van der Waals surface area contributed by atoms with Gasteiger partial charge in [0.25, 0.3) is 0 Å². The van der Waals surface area contributed by atoms with Crippen molar-refractivity contribution in [2.75, 3.05) is 0 Å². The third-order valence-corrected chi connectivity index (χ3v) is 7.67. The van der Waals surface area contributed by atoms with Gasteiger partial charge in [-0.15, -0.1) is 0 Å². The van der Waals surface area contributed by atoms with Crippen molar-refractivity contribution in [3.8, 4) is 0 Å². The number of pyridine rings is 1. The van der Waals surface area contributed by atoms with E-state index >= 15 is 0 Å². The summed E-state index contributed by atoms with van der Waals surface area (Å²) in [7, 11) is -3.76. The lowest BCUT2D eigenvalue weighted by Crippen LogP contribution is -2.22. The van der Waals surface area contributed by atoms with Crippen molar-refractivity contribution in [3.05, 3.63) is 71.2 Å². The van der Waals surface area contributed by atoms with E-state index in [4.69, 9.17) is 5.14 Å². The Hall–Kier alpha value is -2.31. The Labute approximate surface area is 177 Å². The fraction of sp³-hybridized carbons (Fsp3) is 0.375. The number of rotatable bonds is 4. The molecule has 0 amide bonds. The lowest BCUT2D eigenvalue weighted by atomic mass is 9.71. The molecule has 4 nitrogen and oxygen atoms in total. The predicted molar refractivity (Wildman–Crippen MR) is 117 cm³/mol. The molecule has 1 aromatic heterocycles. The number of aromatic nitrogens is 1. The lowest BCUT2D eigenvalue weighted by molar-refractivity contribution is 0.289. The Bertz CT molecular complexity index is 1190. The second kappa shape index (κ2) is 8.08. The van der Waals surface area contributed by atoms with Crippen LogP contribution in [0.15, 0.2) is 53.6 Å². The summed E-state index contributed by atoms with van der Waals surface area (Å²) in [6.07, 6.45) is 5.76. The fourth-order valence-corrected chi connectivity index (χ4v) is 6.07. The molecule has 0 spiro atoms. The van der Waals surface area contributed by atoms with Gasteiger partial charge in [0.2, 0.25) is 10.0 Å². The number of sulfonamides is 1. The molecule has 3 aromatic rings. The number of primary sulfonamides is 1. The van der Waals surface area contributed by atoms with Crippen LogP contribution in [-0.4, -0.2) is 13.4 Å². The SMILES string of the molecule is Cc1cccc(S(N)(=O)=O)c1[C@H](C)C1CCC(c2ccnc3ccc(F)cc23)CC1. The minimum atomic E-state index is -3.76. The normalized spacial score (nSPS) is 20.9. The molecule has 0 radical (unpaired) electrons. The highest BCUT2D eigenvalue weighted by molar-refractivity contribution is 7.89. The Kier molecular flexibility index (Phi) is 5.64. The van der Waals surface area contributed by atoms with E-state index in [9.17, 15) is 12.8 Å². The largest absolute Gasteiger partial charge is 0.256 e. The molecule has 2 aromatic carbocycles. The molecular weight excluding hydrogens is 399 g/mol. The van der Waals surface area contributed by atoms with Gasteiger partial charge in [-0.25, -0.2) is 17.9 Å². The van der Waals surface area contributed by atoms with Crippen molar-refractivity contribution in [2.24, 2.45) is 11.1 Å². The predicted octanol–water partition coefficient (Wildman–Crippen LogP) is 5.41. The fourth-order valence-electron chi connectivity index (χ4n) is 5.15. The summed E-state index contributed by atoms with van der Waals surface area (Å²) in [5.41, 5.74) is 3.79. The van der Waals surface area contributed by atoms with Gasteiger partial charge in [0.15, 0.2) is 0 Å². The molecule has 30 heavy (non-hydrogen) atoms. The number of nitrogens with two attached hydrogens (primary N) is 1. The zero-order valence-corrected chi connectivity index (χ0v) is 18.1. The topological polar surface area (TPSA) is 73.1 Å². The average Bonchev–Trinajstić information content (AvgIpc) is 2.72. The first-order valence-corrected chi connectivity index (χ1v) is 12.0. The Morgan fingerprint density at radius 3 is 2.53 bits per heavy atom. The number of nitrogens with zero attached hydrogens (tertiary/aromatic N) is 1. The number of aryl methyl sites for hydroxylation is 1. The highest BCUT2D eigenvalue weighted by Crippen LogP contribution is 2.44. The van der Waals surface area contributed by atoms with Crippen LogP contribution in [0.2, 0.25) is 0 Å². The minimum absolute atomic E-state index is 0.104. The molecule has 2 N–H and O–H groups in total. The van der Waals surface area contributed by atoms with E-state index in [0.717, 1.165) is 53.3 Å². The molecule has 0 aliphatic heterocycles. The first kappa shape index (κ1) is 20.9. The molecule has 0 bridgehead atoms. The first-order chi connectivity index (χ1) is 14.3. The van der Waals surface area contributed by atoms with E-state index < -0.39 is 10.0 Å². The molecule has 6 heteroatoms. The molecule has 1 aliphatic rings. The minimum Gasteiger partial charge on any atom is -0.256 e. The number of halogens is 1. The van der Waals surface area contributed by atoms with Crippen molar-refractivity contribution in [1.82, 2.24) is 4.98 Å². The molecule has 1 aliphatic carbocycles. The van der Waals surface area contributed by atoms with Crippen LogP contribution in [0.25, 0.3) is 10.9 Å². The maximum atomic E-state index is 13.8. The maximum Gasteiger partial charge on any atom is 0.238 e. The van der Waals surface area contributed by atoms with Crippen molar-refractivity contribution in [2.45, 2.75) is 56.3 Å². The van der Waals surface area contributed by atoms with Gasteiger partial charge >= 0.3 is 0 Å². The standard InChI is InChI=1S/C24H27FN2O2S/c1-15-4-3-5-23(30(26,28)29)24(15)16(2)17-6-8-18(9-7-17)20-12-13-27-22-11-10-19(25)14-21(20)22/h3-5,10-14,16-18H,6-9H2,1-2H3,(H2,26,28,29)/t16-,17?,18?/m1/s1. The molecule has 0 unspecified atom stereocenters. The summed E-state index contributed by atoms with van der Waals surface area (Å²) < 4.78 is 38.1. The van der Waals surface area contributed by atoms with Gasteiger partial charge in [-0.2, -0.15) is 0 Å². The van der Waals surface area contributed by atoms with E-state index in [0.29, 0.717) is 11.8 Å². The zero-order valence-electron chi connectivity index (χ0n) is 17.3. The highest BCUT2D eigenvalue weighted by atomic mass is 32.2. The second-order valence-corrected chi connectivity index (χ2v) is 10.0. The van der Waals surface area contributed by atoms with E-state index in [1.807, 2.05) is 19.1 Å². The van der Waals surface area contributed by atoms with Crippen LogP contribution in [0.5, 0.6) is 0 Å². The van der Waals surface area contributed by atoms with E-state index in [2.05, 4.69) is 11.9 Å². The van der Waals surface area contributed by atoms with E-state index in [1.54, 1.807) is 30.5 Å². The Morgan fingerprint density at radius 2 is 1.83 bits per heavy atom. The van der Waals surface area contributed by atoms with Crippen molar-refractivity contribution < 1.29 is 12.8 Å². The van der Waals surface area contributed by atoms with Gasteiger partial charge < -0.3 is 0 Å². The molecule has 158 valence electrons. The summed E-state index contributed by atoms with van der Waals surface area (Å²) in [6.45, 7) is 4.06. The first-order valence-electron chi connectivity index (χ1n) is 10.4. The lowest BCUT2D eigenvalue weighted by Gasteiger charge is -2.34. The van der Waals surface area contributed by atoms with E-state index in [-0.39, 0.29) is 16.6 Å². The van der Waals surface area contributed by atoms with Crippen LogP contribution in [0.4, 0.5) is 4.39 Å². The smallest absolute Gasteiger partial charge is 0.238 e. The molecular formula is C24H27FN2O2S. The van der Waals surface area contributed by atoms with Crippen LogP contribution in [0, 0.1) is 18.7 Å². The number of benzene rings is 2. The molecule has 1 saturated carbocycles. The third-order valence-electron chi connectivity index (χ3n) is 6.70. The summed E-state index contributed by atoms with van der Waals surface area (Å²) in [5, 5.41) is 6.39. The molecule has 1 atom stereocenters. The van der Waals surface area contributed by atoms with Gasteiger partial charge in [0.05, 0.1) is 10.4 Å². The molecule has 1 fully saturated rings. The monoisotopic (exact) mass is 426 g/mol. The summed E-state index contributed by atoms with van der Waals surface area (Å²) >= 11 is 0. The molecule has 1 heterocycles. The van der Waals surface area contributed by atoms with Crippen molar-refractivity contribution >= 4 is 20.9 Å². The quantitative estimate of drug-likeness (QED) is 0.606. The summed E-state index contributed by atoms with van der Waals surface area (Å²) in [4.78, 5) is 4.61. The van der Waals surface area contributed by atoms with Crippen molar-refractivity contribution in [1.29, 1.82) is 0 Å². The highest BCUT2D eigenvalue weighted by Gasteiger charge is 2.31. The van der Waals surface area contributed by atoms with Crippen LogP contribution < -0.4 is 5.14 Å². The van der Waals surface area contributed by atoms with Gasteiger partial charge in [-0.1, -0.05) is 19.1 Å². The molecule has 4 rings (SSSR count).